The van der Waals surface area contributed by atoms with E-state index in [2.05, 4.69) is 15.4 Å². The molecule has 160 valence electrons. The molecule has 0 aliphatic carbocycles. The van der Waals surface area contributed by atoms with Gasteiger partial charge < -0.3 is 5.32 Å². The topological polar surface area (TPSA) is 103 Å². The maximum absolute atomic E-state index is 13.1. The van der Waals surface area contributed by atoms with Crippen molar-refractivity contribution in [1.82, 2.24) is 14.8 Å². The Balaban J connectivity index is 1.67. The summed E-state index contributed by atoms with van der Waals surface area (Å²) in [4.78, 5) is 28.0. The van der Waals surface area contributed by atoms with Crippen molar-refractivity contribution >= 4 is 29.1 Å². The van der Waals surface area contributed by atoms with Gasteiger partial charge in [0, 0.05) is 34.8 Å². The third kappa shape index (κ3) is 4.65. The molecule has 0 bridgehead atoms. The van der Waals surface area contributed by atoms with Crippen molar-refractivity contribution < 1.29 is 9.72 Å². The number of rotatable bonds is 6. The number of non-ortho nitro benzene ring substituents is 1. The van der Waals surface area contributed by atoms with Gasteiger partial charge in [0.2, 0.25) is 5.95 Å². The van der Waals surface area contributed by atoms with Gasteiger partial charge in [0.05, 0.1) is 4.92 Å². The van der Waals surface area contributed by atoms with Crippen LogP contribution in [0, 0.1) is 17.0 Å². The van der Waals surface area contributed by atoms with E-state index in [9.17, 15) is 14.9 Å². The second kappa shape index (κ2) is 8.99. The number of carbonyl (C=O) groups excluding carboxylic acids is 1. The summed E-state index contributed by atoms with van der Waals surface area (Å²) in [7, 11) is 0. The Morgan fingerprint density at radius 2 is 1.69 bits per heavy atom. The molecular formula is C23H18ClN5O3. The SMILES string of the molecule is Cc1ccc(-c2nc(NCc3ccc(Cl)cc3)n(C(=O)c3ccc([N+](=O)[O-])cc3)n2)cc1. The smallest absolute Gasteiger partial charge is 0.281 e. The number of nitro groups is 1. The van der Waals surface area contributed by atoms with Gasteiger partial charge in [-0.3, -0.25) is 14.9 Å². The molecule has 9 heteroatoms. The summed E-state index contributed by atoms with van der Waals surface area (Å²) in [6.07, 6.45) is 0. The van der Waals surface area contributed by atoms with Crippen LogP contribution in [0.1, 0.15) is 21.5 Å². The van der Waals surface area contributed by atoms with E-state index < -0.39 is 10.8 Å². The lowest BCUT2D eigenvalue weighted by Gasteiger charge is -2.07. The number of nitrogens with one attached hydrogen (secondary N) is 1. The Kier molecular flexibility index (Phi) is 5.96. The first-order valence-corrected chi connectivity index (χ1v) is 10.1. The van der Waals surface area contributed by atoms with Crippen molar-refractivity contribution in [1.29, 1.82) is 0 Å². The molecule has 4 rings (SSSR count). The summed E-state index contributed by atoms with van der Waals surface area (Å²) < 4.78 is 1.17. The van der Waals surface area contributed by atoms with Crippen LogP contribution in [0.2, 0.25) is 5.02 Å². The van der Waals surface area contributed by atoms with Crippen LogP contribution in [0.25, 0.3) is 11.4 Å². The molecule has 0 aliphatic heterocycles. The maximum atomic E-state index is 13.1. The Bertz CT molecular complexity index is 1270. The first-order chi connectivity index (χ1) is 15.4. The second-order valence-corrected chi connectivity index (χ2v) is 7.56. The molecule has 0 aliphatic rings. The highest BCUT2D eigenvalue weighted by Crippen LogP contribution is 2.21. The van der Waals surface area contributed by atoms with Gasteiger partial charge in [-0.2, -0.15) is 9.67 Å². The van der Waals surface area contributed by atoms with Gasteiger partial charge in [-0.15, -0.1) is 5.10 Å². The number of hydrogen-bond donors (Lipinski definition) is 1. The van der Waals surface area contributed by atoms with Crippen LogP contribution >= 0.6 is 11.6 Å². The molecule has 8 nitrogen and oxygen atoms in total. The van der Waals surface area contributed by atoms with Crippen molar-refractivity contribution in [2.75, 3.05) is 5.32 Å². The van der Waals surface area contributed by atoms with E-state index in [1.54, 1.807) is 12.1 Å². The zero-order valence-corrected chi connectivity index (χ0v) is 17.8. The third-order valence-electron chi connectivity index (χ3n) is 4.80. The quantitative estimate of drug-likeness (QED) is 0.325. The Morgan fingerprint density at radius 3 is 2.31 bits per heavy atom. The van der Waals surface area contributed by atoms with Crippen molar-refractivity contribution in [3.63, 3.8) is 0 Å². The molecule has 0 saturated carbocycles. The van der Waals surface area contributed by atoms with Crippen molar-refractivity contribution in [2.45, 2.75) is 13.5 Å². The molecule has 4 aromatic rings. The van der Waals surface area contributed by atoms with Crippen LogP contribution in [-0.4, -0.2) is 25.6 Å². The normalized spacial score (nSPS) is 10.7. The minimum atomic E-state index is -0.516. The summed E-state index contributed by atoms with van der Waals surface area (Å²) in [6, 6.07) is 20.3. The lowest BCUT2D eigenvalue weighted by molar-refractivity contribution is -0.384. The highest BCUT2D eigenvalue weighted by atomic mass is 35.5. The molecule has 1 aromatic heterocycles. The average Bonchev–Trinajstić information content (AvgIpc) is 3.23. The molecular weight excluding hydrogens is 430 g/mol. The summed E-state index contributed by atoms with van der Waals surface area (Å²) in [6.45, 7) is 2.38. The van der Waals surface area contributed by atoms with Crippen LogP contribution in [0.4, 0.5) is 11.6 Å². The zero-order valence-electron chi connectivity index (χ0n) is 17.0. The number of hydrogen-bond acceptors (Lipinski definition) is 6. The van der Waals surface area contributed by atoms with Gasteiger partial charge in [-0.25, -0.2) is 0 Å². The molecule has 0 spiro atoms. The summed E-state index contributed by atoms with van der Waals surface area (Å²) in [5, 5.41) is 19.1. The number of halogens is 1. The molecule has 1 heterocycles. The predicted molar refractivity (Wildman–Crippen MR) is 122 cm³/mol. The monoisotopic (exact) mass is 447 g/mol. The van der Waals surface area contributed by atoms with Crippen molar-refractivity contribution in [2.24, 2.45) is 0 Å². The van der Waals surface area contributed by atoms with E-state index in [-0.39, 0.29) is 17.2 Å². The van der Waals surface area contributed by atoms with E-state index in [0.717, 1.165) is 16.7 Å². The fourth-order valence-corrected chi connectivity index (χ4v) is 3.15. The van der Waals surface area contributed by atoms with Gasteiger partial charge in [0.25, 0.3) is 11.6 Å². The fraction of sp³-hybridized carbons (Fsp3) is 0.0870. The van der Waals surface area contributed by atoms with E-state index in [1.807, 2.05) is 43.3 Å². The molecule has 0 unspecified atom stereocenters. The van der Waals surface area contributed by atoms with E-state index >= 15 is 0 Å². The minimum Gasteiger partial charge on any atom is -0.350 e. The highest BCUT2D eigenvalue weighted by molar-refractivity contribution is 6.30. The average molecular weight is 448 g/mol. The zero-order chi connectivity index (χ0) is 22.7. The Morgan fingerprint density at radius 1 is 1.03 bits per heavy atom. The Hall–Kier alpha value is -4.04. The molecule has 3 aromatic carbocycles. The second-order valence-electron chi connectivity index (χ2n) is 7.13. The number of nitrogens with zero attached hydrogens (tertiary/aromatic N) is 4. The van der Waals surface area contributed by atoms with Crippen LogP contribution in [0.5, 0.6) is 0 Å². The fourth-order valence-electron chi connectivity index (χ4n) is 3.02. The molecule has 0 radical (unpaired) electrons. The molecule has 0 saturated heterocycles. The molecule has 0 fully saturated rings. The number of carbonyl (C=O) groups is 1. The molecule has 0 atom stereocenters. The number of aromatic nitrogens is 3. The van der Waals surface area contributed by atoms with E-state index in [1.165, 1.54) is 28.9 Å². The first kappa shape index (κ1) is 21.2. The summed E-state index contributed by atoms with van der Waals surface area (Å²) >= 11 is 5.94. The lowest BCUT2D eigenvalue weighted by Crippen LogP contribution is -2.17. The summed E-state index contributed by atoms with van der Waals surface area (Å²) in [5.41, 5.74) is 2.97. The van der Waals surface area contributed by atoms with Gasteiger partial charge in [0.15, 0.2) is 5.82 Å². The van der Waals surface area contributed by atoms with E-state index in [4.69, 9.17) is 11.6 Å². The first-order valence-electron chi connectivity index (χ1n) is 9.72. The van der Waals surface area contributed by atoms with Crippen molar-refractivity contribution in [3.8, 4) is 11.4 Å². The molecule has 0 amide bonds. The van der Waals surface area contributed by atoms with Gasteiger partial charge in [-0.05, 0) is 36.8 Å². The van der Waals surface area contributed by atoms with Crippen molar-refractivity contribution in [3.05, 3.63) is 105 Å². The van der Waals surface area contributed by atoms with Crippen LogP contribution < -0.4 is 5.32 Å². The van der Waals surface area contributed by atoms with Gasteiger partial charge >= 0.3 is 0 Å². The van der Waals surface area contributed by atoms with Crippen LogP contribution in [-0.2, 0) is 6.54 Å². The van der Waals surface area contributed by atoms with Crippen LogP contribution in [0.15, 0.2) is 72.8 Å². The summed E-state index contributed by atoms with van der Waals surface area (Å²) in [5.74, 6) is 0.196. The van der Waals surface area contributed by atoms with Crippen LogP contribution in [0.3, 0.4) is 0 Å². The number of benzene rings is 3. The molecule has 1 N–H and O–H groups in total. The molecule has 32 heavy (non-hydrogen) atoms. The Labute approximate surface area is 188 Å². The number of anilines is 1. The van der Waals surface area contributed by atoms with Gasteiger partial charge in [-0.1, -0.05) is 53.6 Å². The minimum absolute atomic E-state index is 0.0958. The maximum Gasteiger partial charge on any atom is 0.281 e. The number of aryl methyl sites for hydroxylation is 1. The lowest BCUT2D eigenvalue weighted by atomic mass is 10.1. The van der Waals surface area contributed by atoms with Gasteiger partial charge in [0.1, 0.15) is 0 Å². The third-order valence-corrected chi connectivity index (χ3v) is 5.05. The highest BCUT2D eigenvalue weighted by Gasteiger charge is 2.19. The number of nitro benzene ring substituents is 1. The van der Waals surface area contributed by atoms with E-state index in [0.29, 0.717) is 17.4 Å². The predicted octanol–water partition coefficient (Wildman–Crippen LogP) is 5.12. The largest absolute Gasteiger partial charge is 0.350 e. The standard InChI is InChI=1S/C23H18ClN5O3/c1-15-2-6-17(7-3-15)21-26-23(25-14-16-4-10-19(24)11-5-16)28(27-21)22(30)18-8-12-20(13-9-18)29(31)32/h2-13H,14H2,1H3,(H,25,26,27).